The minimum absolute atomic E-state index is 0.140. The van der Waals surface area contributed by atoms with Gasteiger partial charge in [0.15, 0.2) is 7.11 Å². The standard InChI is InChI=1S/C21H22N5O4/c1-24-20(27)13-18(15-6-8-22-9-7-15)23-21(24)25-10-11-30-19(14-25)16-4-3-5-17(12-16)26(28)29-2/h3-9,12-13,19H,10-11,14H2,1-2H3/q+1. The van der Waals surface area contributed by atoms with Gasteiger partial charge in [0.2, 0.25) is 5.95 Å². The molecular formula is C21H22N5O4+. The zero-order chi connectivity index (χ0) is 21.1. The van der Waals surface area contributed by atoms with Crippen molar-refractivity contribution in [2.24, 2.45) is 7.05 Å². The fourth-order valence-corrected chi connectivity index (χ4v) is 3.46. The van der Waals surface area contributed by atoms with E-state index in [1.807, 2.05) is 23.1 Å². The third-order valence-electron chi connectivity index (χ3n) is 5.06. The normalized spacial score (nSPS) is 16.3. The summed E-state index contributed by atoms with van der Waals surface area (Å²) in [7, 11) is 3.03. The van der Waals surface area contributed by atoms with Crippen LogP contribution in [0.15, 0.2) is 59.7 Å². The molecule has 1 atom stereocenters. The average molecular weight is 408 g/mol. The van der Waals surface area contributed by atoms with E-state index in [2.05, 4.69) is 4.98 Å². The second-order valence-electron chi connectivity index (χ2n) is 6.91. The van der Waals surface area contributed by atoms with Crippen LogP contribution in [0.1, 0.15) is 11.7 Å². The lowest BCUT2D eigenvalue weighted by atomic mass is 10.1. The zero-order valence-electron chi connectivity index (χ0n) is 16.8. The molecule has 3 aromatic rings. The summed E-state index contributed by atoms with van der Waals surface area (Å²) in [6.45, 7) is 1.56. The number of hydrogen-bond donors (Lipinski definition) is 0. The van der Waals surface area contributed by atoms with Gasteiger partial charge in [0.05, 0.1) is 23.8 Å². The molecule has 0 amide bonds. The highest BCUT2D eigenvalue weighted by molar-refractivity contribution is 5.59. The monoisotopic (exact) mass is 408 g/mol. The van der Waals surface area contributed by atoms with E-state index in [-0.39, 0.29) is 11.7 Å². The lowest BCUT2D eigenvalue weighted by Crippen LogP contribution is -2.41. The van der Waals surface area contributed by atoms with Crippen LogP contribution in [-0.4, -0.2) is 46.3 Å². The van der Waals surface area contributed by atoms with Crippen LogP contribution in [0.5, 0.6) is 0 Å². The first-order chi connectivity index (χ1) is 14.6. The number of rotatable bonds is 5. The van der Waals surface area contributed by atoms with Crippen LogP contribution in [0.3, 0.4) is 0 Å². The molecule has 0 spiro atoms. The molecular weight excluding hydrogens is 386 g/mol. The minimum Gasteiger partial charge on any atom is -0.370 e. The van der Waals surface area contributed by atoms with Crippen molar-refractivity contribution in [3.63, 3.8) is 0 Å². The van der Waals surface area contributed by atoms with E-state index in [9.17, 15) is 9.70 Å². The molecule has 4 rings (SSSR count). The van der Waals surface area contributed by atoms with Gasteiger partial charge in [0.25, 0.3) is 10.5 Å². The Morgan fingerprint density at radius 2 is 2.00 bits per heavy atom. The molecule has 1 aliphatic rings. The van der Waals surface area contributed by atoms with Crippen molar-refractivity contribution in [1.82, 2.24) is 14.5 Å². The van der Waals surface area contributed by atoms with Crippen molar-refractivity contribution in [1.29, 1.82) is 0 Å². The third kappa shape index (κ3) is 3.92. The summed E-state index contributed by atoms with van der Waals surface area (Å²) in [5.41, 5.74) is 2.53. The highest BCUT2D eigenvalue weighted by Crippen LogP contribution is 2.28. The number of pyridine rings is 1. The van der Waals surface area contributed by atoms with Crippen LogP contribution < -0.4 is 10.5 Å². The second-order valence-corrected chi connectivity index (χ2v) is 6.91. The van der Waals surface area contributed by atoms with Gasteiger partial charge in [-0.1, -0.05) is 12.1 Å². The first-order valence-electron chi connectivity index (χ1n) is 9.53. The summed E-state index contributed by atoms with van der Waals surface area (Å²) < 4.78 is 7.48. The molecule has 0 N–H and O–H groups in total. The van der Waals surface area contributed by atoms with E-state index >= 15 is 0 Å². The molecule has 9 heteroatoms. The molecule has 0 aliphatic carbocycles. The van der Waals surface area contributed by atoms with Gasteiger partial charge in [-0.2, -0.15) is 0 Å². The van der Waals surface area contributed by atoms with E-state index in [4.69, 9.17) is 14.6 Å². The van der Waals surface area contributed by atoms with Crippen LogP contribution in [-0.2, 0) is 16.6 Å². The molecule has 154 valence electrons. The maximum Gasteiger partial charge on any atom is 0.317 e. The Morgan fingerprint density at radius 3 is 2.77 bits per heavy atom. The lowest BCUT2D eigenvalue weighted by molar-refractivity contribution is -0.736. The number of ether oxygens (including phenoxy) is 1. The predicted octanol–water partition coefficient (Wildman–Crippen LogP) is 2.39. The fraction of sp³-hybridized carbons (Fsp3) is 0.286. The van der Waals surface area contributed by atoms with Gasteiger partial charge in [-0.25, -0.2) is 9.82 Å². The van der Waals surface area contributed by atoms with Crippen molar-refractivity contribution >= 4 is 11.6 Å². The third-order valence-corrected chi connectivity index (χ3v) is 5.06. The minimum atomic E-state index is -0.273. The van der Waals surface area contributed by atoms with Crippen molar-refractivity contribution in [3.05, 3.63) is 75.7 Å². The number of nitrogens with zero attached hydrogens (tertiary/aromatic N) is 5. The molecule has 1 unspecified atom stereocenters. The van der Waals surface area contributed by atoms with Crippen molar-refractivity contribution in [3.8, 4) is 11.3 Å². The Morgan fingerprint density at radius 1 is 1.20 bits per heavy atom. The number of morpholine rings is 1. The van der Waals surface area contributed by atoms with Crippen LogP contribution in [0.25, 0.3) is 11.3 Å². The molecule has 0 bridgehead atoms. The Balaban J connectivity index is 1.65. The molecule has 3 heterocycles. The molecule has 0 saturated carbocycles. The molecule has 2 aromatic heterocycles. The quantitative estimate of drug-likeness (QED) is 0.599. The van der Waals surface area contributed by atoms with Crippen molar-refractivity contribution in [2.75, 3.05) is 31.7 Å². The lowest BCUT2D eigenvalue weighted by Gasteiger charge is -2.34. The van der Waals surface area contributed by atoms with Gasteiger partial charge in [0.1, 0.15) is 6.10 Å². The Hall–Kier alpha value is -3.59. The molecule has 1 aliphatic heterocycles. The molecule has 1 fully saturated rings. The average Bonchev–Trinajstić information content (AvgIpc) is 2.81. The maximum absolute atomic E-state index is 12.6. The first-order valence-corrected chi connectivity index (χ1v) is 9.53. The number of anilines is 1. The van der Waals surface area contributed by atoms with Crippen molar-refractivity contribution in [2.45, 2.75) is 6.10 Å². The highest BCUT2D eigenvalue weighted by Gasteiger charge is 2.27. The fourth-order valence-electron chi connectivity index (χ4n) is 3.46. The summed E-state index contributed by atoms with van der Waals surface area (Å²) in [5, 5.41) is 0. The van der Waals surface area contributed by atoms with Gasteiger partial charge in [0, 0.05) is 49.7 Å². The molecule has 0 radical (unpaired) electrons. The molecule has 1 saturated heterocycles. The Kier molecular flexibility index (Phi) is 5.53. The summed E-state index contributed by atoms with van der Waals surface area (Å²) in [6, 6.07) is 12.3. The largest absolute Gasteiger partial charge is 0.370 e. The summed E-state index contributed by atoms with van der Waals surface area (Å²) in [4.78, 5) is 40.3. The molecule has 1 aromatic carbocycles. The second kappa shape index (κ2) is 8.42. The first kappa shape index (κ1) is 19.7. The van der Waals surface area contributed by atoms with Crippen molar-refractivity contribution < 1.29 is 14.5 Å². The summed E-state index contributed by atoms with van der Waals surface area (Å²) >= 11 is 0. The van der Waals surface area contributed by atoms with E-state index < -0.39 is 0 Å². The van der Waals surface area contributed by atoms with Gasteiger partial charge >= 0.3 is 5.69 Å². The van der Waals surface area contributed by atoms with Crippen LogP contribution in [0, 0.1) is 4.91 Å². The number of benzene rings is 1. The Labute approximate surface area is 173 Å². The van der Waals surface area contributed by atoms with E-state index in [0.29, 0.717) is 41.9 Å². The van der Waals surface area contributed by atoms with Crippen LogP contribution in [0.4, 0.5) is 11.6 Å². The molecule has 30 heavy (non-hydrogen) atoms. The number of hydrogen-bond acceptors (Lipinski definition) is 7. The van der Waals surface area contributed by atoms with Crippen LogP contribution in [0.2, 0.25) is 0 Å². The smallest absolute Gasteiger partial charge is 0.317 e. The highest BCUT2D eigenvalue weighted by atomic mass is 16.8. The summed E-state index contributed by atoms with van der Waals surface area (Å²) in [5.74, 6) is 0.570. The molecule has 9 nitrogen and oxygen atoms in total. The topological polar surface area (TPSA) is 89.6 Å². The van der Waals surface area contributed by atoms with Gasteiger partial charge in [-0.05, 0) is 17.7 Å². The van der Waals surface area contributed by atoms with Gasteiger partial charge in [-0.15, -0.1) is 0 Å². The van der Waals surface area contributed by atoms with E-state index in [1.54, 1.807) is 37.6 Å². The van der Waals surface area contributed by atoms with Gasteiger partial charge < -0.3 is 9.64 Å². The maximum atomic E-state index is 12.6. The van der Waals surface area contributed by atoms with E-state index in [1.165, 1.54) is 17.7 Å². The number of aromatic nitrogens is 3. The van der Waals surface area contributed by atoms with Gasteiger partial charge in [-0.3, -0.25) is 14.3 Å². The zero-order valence-corrected chi connectivity index (χ0v) is 16.8. The van der Waals surface area contributed by atoms with E-state index in [0.717, 1.165) is 11.1 Å². The predicted molar refractivity (Wildman–Crippen MR) is 110 cm³/mol. The summed E-state index contributed by atoms with van der Waals surface area (Å²) in [6.07, 6.45) is 3.07. The van der Waals surface area contributed by atoms with Crippen LogP contribution >= 0.6 is 0 Å². The SMILES string of the molecule is CO[N+](=O)c1cccc(C2CN(c3nc(-c4ccncc4)cc(=O)n3C)CCO2)c1. The Bertz CT molecular complexity index is 1120.